The normalized spacial score (nSPS) is 16.3. The molecule has 1 aromatic rings. The van der Waals surface area contributed by atoms with Gasteiger partial charge in [-0.05, 0) is 41.6 Å². The van der Waals surface area contributed by atoms with Gasteiger partial charge in [0.2, 0.25) is 5.91 Å². The van der Waals surface area contributed by atoms with Crippen LogP contribution in [-0.4, -0.2) is 23.2 Å². The molecule has 5 heteroatoms. The number of aryl methyl sites for hydroxylation is 1. The van der Waals surface area contributed by atoms with Gasteiger partial charge in [0.25, 0.3) is 0 Å². The van der Waals surface area contributed by atoms with Gasteiger partial charge in [-0.15, -0.1) is 0 Å². The molecule has 15 heavy (non-hydrogen) atoms. The van der Waals surface area contributed by atoms with Crippen molar-refractivity contribution < 1.29 is 9.59 Å². The number of aromatic nitrogens is 1. The first kappa shape index (κ1) is 10.5. The Hall–Kier alpha value is -0.980. The summed E-state index contributed by atoms with van der Waals surface area (Å²) in [6, 6.07) is 3.67. The van der Waals surface area contributed by atoms with Gasteiger partial charge in [0.15, 0.2) is 5.78 Å². The van der Waals surface area contributed by atoms with E-state index < -0.39 is 0 Å². The van der Waals surface area contributed by atoms with Crippen molar-refractivity contribution in [3.8, 4) is 0 Å². The molecule has 2 heterocycles. The molecule has 0 N–H and O–H groups in total. The highest BCUT2D eigenvalue weighted by Gasteiger charge is 2.29. The van der Waals surface area contributed by atoms with Crippen LogP contribution in [0, 0.1) is 10.5 Å². The molecule has 0 saturated carbocycles. The van der Waals surface area contributed by atoms with Crippen LogP contribution in [0.2, 0.25) is 0 Å². The molecular weight excluding hydrogens is 307 g/mol. The maximum absolute atomic E-state index is 11.4. The van der Waals surface area contributed by atoms with E-state index in [1.807, 2.05) is 13.0 Å². The minimum absolute atomic E-state index is 0.00666. The highest BCUT2D eigenvalue weighted by Crippen LogP contribution is 2.19. The summed E-state index contributed by atoms with van der Waals surface area (Å²) in [4.78, 5) is 28.3. The van der Waals surface area contributed by atoms with Gasteiger partial charge >= 0.3 is 0 Å². The first-order valence-electron chi connectivity index (χ1n) is 4.53. The van der Waals surface area contributed by atoms with Crippen LogP contribution in [0.15, 0.2) is 12.1 Å². The summed E-state index contributed by atoms with van der Waals surface area (Å²) in [5, 5.41) is 0. The summed E-state index contributed by atoms with van der Waals surface area (Å²) in [5.41, 5.74) is 0.875. The van der Waals surface area contributed by atoms with Gasteiger partial charge in [0.05, 0.1) is 18.7 Å². The molecule has 1 aromatic heterocycles. The van der Waals surface area contributed by atoms with Crippen LogP contribution < -0.4 is 4.90 Å². The van der Waals surface area contributed by atoms with Crippen LogP contribution in [0.25, 0.3) is 0 Å². The minimum atomic E-state index is -0.159. The molecule has 0 radical (unpaired) electrons. The lowest BCUT2D eigenvalue weighted by Gasteiger charge is -2.14. The van der Waals surface area contributed by atoms with Crippen molar-refractivity contribution >= 4 is 40.1 Å². The van der Waals surface area contributed by atoms with Crippen molar-refractivity contribution in [2.24, 2.45) is 0 Å². The van der Waals surface area contributed by atoms with Crippen LogP contribution >= 0.6 is 22.6 Å². The Morgan fingerprint density at radius 3 is 2.67 bits per heavy atom. The summed E-state index contributed by atoms with van der Waals surface area (Å²) in [6.07, 6.45) is 0.00666. The van der Waals surface area contributed by atoms with E-state index in [1.165, 1.54) is 4.90 Å². The van der Waals surface area contributed by atoms with Gasteiger partial charge in [-0.1, -0.05) is 0 Å². The SMILES string of the molecule is Cc1nc(N2CC(=O)CC2=O)ccc1I. The van der Waals surface area contributed by atoms with Gasteiger partial charge in [-0.2, -0.15) is 0 Å². The van der Waals surface area contributed by atoms with E-state index in [0.29, 0.717) is 5.82 Å². The van der Waals surface area contributed by atoms with E-state index in [2.05, 4.69) is 27.6 Å². The minimum Gasteiger partial charge on any atom is -0.297 e. The number of rotatable bonds is 1. The van der Waals surface area contributed by atoms with E-state index in [-0.39, 0.29) is 24.7 Å². The molecular formula is C10H9IN2O2. The van der Waals surface area contributed by atoms with Crippen LogP contribution in [-0.2, 0) is 9.59 Å². The van der Waals surface area contributed by atoms with E-state index >= 15 is 0 Å². The highest BCUT2D eigenvalue weighted by molar-refractivity contribution is 14.1. The van der Waals surface area contributed by atoms with Crippen molar-refractivity contribution in [2.75, 3.05) is 11.4 Å². The summed E-state index contributed by atoms with van der Waals surface area (Å²) in [7, 11) is 0. The Kier molecular flexibility index (Phi) is 2.72. The van der Waals surface area contributed by atoms with E-state index in [0.717, 1.165) is 9.26 Å². The number of pyridine rings is 1. The number of hydrogen-bond donors (Lipinski definition) is 0. The highest BCUT2D eigenvalue weighted by atomic mass is 127. The molecule has 78 valence electrons. The molecule has 2 rings (SSSR count). The van der Waals surface area contributed by atoms with E-state index in [9.17, 15) is 9.59 Å². The standard InChI is InChI=1S/C10H9IN2O2/c1-6-8(11)2-3-9(12-6)13-5-7(14)4-10(13)15/h2-3H,4-5H2,1H3. The quantitative estimate of drug-likeness (QED) is 0.580. The molecule has 0 bridgehead atoms. The first-order chi connectivity index (χ1) is 7.08. The lowest BCUT2D eigenvalue weighted by atomic mass is 10.3. The monoisotopic (exact) mass is 316 g/mol. The smallest absolute Gasteiger partial charge is 0.236 e. The predicted molar refractivity (Wildman–Crippen MR) is 63.7 cm³/mol. The summed E-state index contributed by atoms with van der Waals surface area (Å²) in [5.74, 6) is 0.370. The second kappa shape index (κ2) is 3.88. The van der Waals surface area contributed by atoms with E-state index in [1.54, 1.807) is 6.07 Å². The number of halogens is 1. The summed E-state index contributed by atoms with van der Waals surface area (Å²) in [6.45, 7) is 2.04. The number of hydrogen-bond acceptors (Lipinski definition) is 3. The molecule has 1 fully saturated rings. The molecule has 0 unspecified atom stereocenters. The first-order valence-corrected chi connectivity index (χ1v) is 5.61. The van der Waals surface area contributed by atoms with Crippen LogP contribution in [0.3, 0.4) is 0 Å². The van der Waals surface area contributed by atoms with Crippen LogP contribution in [0.1, 0.15) is 12.1 Å². The fraction of sp³-hybridized carbons (Fsp3) is 0.300. The van der Waals surface area contributed by atoms with Crippen molar-refractivity contribution in [1.29, 1.82) is 0 Å². The number of ketones is 1. The van der Waals surface area contributed by atoms with Gasteiger partial charge in [0, 0.05) is 3.57 Å². The lowest BCUT2D eigenvalue weighted by Crippen LogP contribution is -2.25. The third-order valence-corrected chi connectivity index (χ3v) is 3.41. The Balaban J connectivity index is 2.34. The van der Waals surface area contributed by atoms with Crippen molar-refractivity contribution in [3.05, 3.63) is 21.4 Å². The lowest BCUT2D eigenvalue weighted by molar-refractivity contribution is -0.121. The van der Waals surface area contributed by atoms with E-state index in [4.69, 9.17) is 0 Å². The molecule has 1 amide bonds. The zero-order valence-corrected chi connectivity index (χ0v) is 10.3. The molecule has 0 aliphatic carbocycles. The summed E-state index contributed by atoms with van der Waals surface area (Å²) >= 11 is 2.18. The maximum atomic E-state index is 11.4. The Morgan fingerprint density at radius 1 is 1.40 bits per heavy atom. The second-order valence-electron chi connectivity index (χ2n) is 3.43. The molecule has 4 nitrogen and oxygen atoms in total. The van der Waals surface area contributed by atoms with Crippen molar-refractivity contribution in [3.63, 3.8) is 0 Å². The zero-order chi connectivity index (χ0) is 11.0. The molecule has 1 aliphatic heterocycles. The fourth-order valence-corrected chi connectivity index (χ4v) is 1.77. The number of nitrogens with zero attached hydrogens (tertiary/aromatic N) is 2. The third-order valence-electron chi connectivity index (χ3n) is 2.27. The number of carbonyl (C=O) groups is 2. The maximum Gasteiger partial charge on any atom is 0.236 e. The molecule has 1 aliphatic rings. The Labute approximate surface area is 101 Å². The predicted octanol–water partition coefficient (Wildman–Crippen LogP) is 1.30. The van der Waals surface area contributed by atoms with Gasteiger partial charge < -0.3 is 0 Å². The number of carbonyl (C=O) groups excluding carboxylic acids is 2. The number of Topliss-reactive ketones (excluding diaryl/α,β-unsaturated/α-hetero) is 1. The topological polar surface area (TPSA) is 50.3 Å². The Bertz CT molecular complexity index is 445. The number of amides is 1. The zero-order valence-electron chi connectivity index (χ0n) is 8.16. The molecule has 0 atom stereocenters. The Morgan fingerprint density at radius 2 is 2.13 bits per heavy atom. The van der Waals surface area contributed by atoms with Gasteiger partial charge in [-0.25, -0.2) is 4.98 Å². The van der Waals surface area contributed by atoms with Crippen molar-refractivity contribution in [1.82, 2.24) is 4.98 Å². The molecule has 1 saturated heterocycles. The van der Waals surface area contributed by atoms with Crippen LogP contribution in [0.4, 0.5) is 5.82 Å². The fourth-order valence-electron chi connectivity index (χ4n) is 1.47. The van der Waals surface area contributed by atoms with Gasteiger partial charge in [-0.3, -0.25) is 14.5 Å². The van der Waals surface area contributed by atoms with Crippen LogP contribution in [0.5, 0.6) is 0 Å². The summed E-state index contributed by atoms with van der Waals surface area (Å²) < 4.78 is 1.05. The average molecular weight is 316 g/mol. The molecule has 0 aromatic carbocycles. The second-order valence-corrected chi connectivity index (χ2v) is 4.59. The van der Waals surface area contributed by atoms with Gasteiger partial charge in [0.1, 0.15) is 5.82 Å². The third kappa shape index (κ3) is 2.01. The van der Waals surface area contributed by atoms with Crippen molar-refractivity contribution in [2.45, 2.75) is 13.3 Å². The average Bonchev–Trinajstić information content (AvgIpc) is 2.50. The molecule has 0 spiro atoms. The largest absolute Gasteiger partial charge is 0.297 e. The number of anilines is 1.